The molecule has 10 heteroatoms. The van der Waals surface area contributed by atoms with Crippen molar-refractivity contribution in [2.24, 2.45) is 0 Å². The highest BCUT2D eigenvalue weighted by Gasteiger charge is 2.18. The molecule has 9 nitrogen and oxygen atoms in total. The number of hydrogen-bond donors (Lipinski definition) is 3. The molecule has 2 amide bonds. The number of carbonyl (C=O) groups excluding carboxylic acids is 1. The smallest absolute Gasteiger partial charge is 0.323 e. The Morgan fingerprint density at radius 1 is 1.09 bits per heavy atom. The van der Waals surface area contributed by atoms with Crippen LogP contribution in [-0.2, 0) is 11.3 Å². The molecular formula is C25H26ClN7O2. The molecule has 0 spiro atoms. The summed E-state index contributed by atoms with van der Waals surface area (Å²) in [6.45, 7) is 5.86. The zero-order valence-corrected chi connectivity index (χ0v) is 20.0. The number of fused-ring (bicyclic) bond motifs is 1. The van der Waals surface area contributed by atoms with Crippen molar-refractivity contribution in [1.82, 2.24) is 19.5 Å². The SMILES string of the molecule is Cc1ccc(NC(=O)Nc2ccc(-c3cc(CN4CCOCC4)n4ncnc(N)c34)cc2)cc1Cl. The highest BCUT2D eigenvalue weighted by atomic mass is 35.5. The number of ether oxygens (including phenoxy) is 1. The van der Waals surface area contributed by atoms with Crippen LogP contribution in [-0.4, -0.2) is 51.8 Å². The summed E-state index contributed by atoms with van der Waals surface area (Å²) in [4.78, 5) is 19.0. The largest absolute Gasteiger partial charge is 0.382 e. The molecule has 0 atom stereocenters. The van der Waals surface area contributed by atoms with Gasteiger partial charge in [0.25, 0.3) is 0 Å². The fraction of sp³-hybridized carbons (Fsp3) is 0.240. The molecule has 1 fully saturated rings. The van der Waals surface area contributed by atoms with Crippen LogP contribution in [0.3, 0.4) is 0 Å². The molecule has 0 bridgehead atoms. The number of carbonyl (C=O) groups is 1. The second kappa shape index (κ2) is 9.91. The predicted octanol–water partition coefficient (Wildman–Crippen LogP) is 4.42. The van der Waals surface area contributed by atoms with E-state index in [0.29, 0.717) is 22.2 Å². The molecule has 4 aromatic rings. The molecule has 180 valence electrons. The monoisotopic (exact) mass is 491 g/mol. The van der Waals surface area contributed by atoms with Gasteiger partial charge in [-0.25, -0.2) is 14.3 Å². The van der Waals surface area contributed by atoms with Gasteiger partial charge in [0.05, 0.1) is 18.9 Å². The lowest BCUT2D eigenvalue weighted by atomic mass is 10.1. The van der Waals surface area contributed by atoms with Gasteiger partial charge in [-0.05, 0) is 48.4 Å². The Bertz CT molecular complexity index is 1360. The van der Waals surface area contributed by atoms with Gasteiger partial charge < -0.3 is 21.1 Å². The van der Waals surface area contributed by atoms with Gasteiger partial charge in [0, 0.05) is 41.6 Å². The van der Waals surface area contributed by atoms with Gasteiger partial charge in [-0.1, -0.05) is 29.8 Å². The van der Waals surface area contributed by atoms with Gasteiger partial charge in [0.1, 0.15) is 11.8 Å². The average Bonchev–Trinajstić information content (AvgIpc) is 3.22. The summed E-state index contributed by atoms with van der Waals surface area (Å²) >= 11 is 6.14. The van der Waals surface area contributed by atoms with E-state index in [-0.39, 0.29) is 6.03 Å². The molecule has 2 aromatic carbocycles. The third-order valence-corrected chi connectivity index (χ3v) is 6.44. The number of nitrogens with two attached hydrogens (primary N) is 1. The first-order chi connectivity index (χ1) is 17.0. The Morgan fingerprint density at radius 3 is 2.54 bits per heavy atom. The van der Waals surface area contributed by atoms with E-state index in [9.17, 15) is 4.79 Å². The number of aryl methyl sites for hydroxylation is 1. The molecule has 2 aromatic heterocycles. The summed E-state index contributed by atoms with van der Waals surface area (Å²) in [6.07, 6.45) is 1.47. The molecule has 4 N–H and O–H groups in total. The Labute approximate surface area is 207 Å². The maximum absolute atomic E-state index is 12.4. The van der Waals surface area contributed by atoms with Crippen molar-refractivity contribution in [3.05, 3.63) is 71.1 Å². The molecule has 0 saturated carbocycles. The lowest BCUT2D eigenvalue weighted by Crippen LogP contribution is -2.36. The molecule has 3 heterocycles. The molecule has 1 aliphatic heterocycles. The van der Waals surface area contributed by atoms with Gasteiger partial charge in [-0.3, -0.25) is 4.90 Å². The maximum Gasteiger partial charge on any atom is 0.323 e. The van der Waals surface area contributed by atoms with Crippen LogP contribution < -0.4 is 16.4 Å². The first kappa shape index (κ1) is 23.1. The van der Waals surface area contributed by atoms with Gasteiger partial charge in [0.2, 0.25) is 0 Å². The Balaban J connectivity index is 1.35. The van der Waals surface area contributed by atoms with Crippen LogP contribution in [0.5, 0.6) is 0 Å². The number of aromatic nitrogens is 3. The number of nitrogen functional groups attached to an aromatic ring is 1. The van der Waals surface area contributed by atoms with Crippen LogP contribution in [0.25, 0.3) is 16.6 Å². The van der Waals surface area contributed by atoms with E-state index in [1.165, 1.54) is 6.33 Å². The van der Waals surface area contributed by atoms with Crippen molar-refractivity contribution in [2.75, 3.05) is 42.7 Å². The third-order valence-electron chi connectivity index (χ3n) is 6.03. The number of amides is 2. The van der Waals surface area contributed by atoms with Gasteiger partial charge in [-0.15, -0.1) is 0 Å². The van der Waals surface area contributed by atoms with E-state index < -0.39 is 0 Å². The highest BCUT2D eigenvalue weighted by Crippen LogP contribution is 2.31. The van der Waals surface area contributed by atoms with Gasteiger partial charge >= 0.3 is 6.03 Å². The minimum absolute atomic E-state index is 0.350. The number of hydrogen-bond acceptors (Lipinski definition) is 6. The molecule has 0 aliphatic carbocycles. The number of anilines is 3. The van der Waals surface area contributed by atoms with Gasteiger partial charge in [0.15, 0.2) is 5.82 Å². The number of benzene rings is 2. The summed E-state index contributed by atoms with van der Waals surface area (Å²) in [5.41, 5.74) is 12.2. The van der Waals surface area contributed by atoms with E-state index in [0.717, 1.165) is 60.7 Å². The minimum Gasteiger partial charge on any atom is -0.382 e. The van der Waals surface area contributed by atoms with E-state index in [1.54, 1.807) is 6.07 Å². The van der Waals surface area contributed by atoms with Crippen molar-refractivity contribution in [3.63, 3.8) is 0 Å². The predicted molar refractivity (Wildman–Crippen MR) is 138 cm³/mol. The van der Waals surface area contributed by atoms with Crippen LogP contribution in [0.2, 0.25) is 5.02 Å². The molecular weight excluding hydrogens is 466 g/mol. The Hall–Kier alpha value is -3.66. The summed E-state index contributed by atoms with van der Waals surface area (Å²) < 4.78 is 7.33. The minimum atomic E-state index is -0.350. The van der Waals surface area contributed by atoms with Crippen molar-refractivity contribution in [1.29, 1.82) is 0 Å². The summed E-state index contributed by atoms with van der Waals surface area (Å²) in [6, 6.07) is 14.7. The second-order valence-electron chi connectivity index (χ2n) is 8.46. The fourth-order valence-electron chi connectivity index (χ4n) is 4.15. The Kier molecular flexibility index (Phi) is 6.54. The highest BCUT2D eigenvalue weighted by molar-refractivity contribution is 6.31. The zero-order valence-electron chi connectivity index (χ0n) is 19.3. The zero-order chi connectivity index (χ0) is 24.4. The normalized spacial score (nSPS) is 14.2. The molecule has 1 saturated heterocycles. The van der Waals surface area contributed by atoms with Gasteiger partial charge in [-0.2, -0.15) is 5.10 Å². The van der Waals surface area contributed by atoms with E-state index >= 15 is 0 Å². The molecule has 0 radical (unpaired) electrons. The van der Waals surface area contributed by atoms with E-state index in [4.69, 9.17) is 22.1 Å². The summed E-state index contributed by atoms with van der Waals surface area (Å²) in [5.74, 6) is 0.418. The van der Waals surface area contributed by atoms with Crippen molar-refractivity contribution in [2.45, 2.75) is 13.5 Å². The Morgan fingerprint density at radius 2 is 1.80 bits per heavy atom. The standard InChI is InChI=1S/C25H26ClN7O2/c1-16-2-5-19(12-22(16)26)31-25(34)30-18-6-3-17(4-7-18)21-13-20(14-32-8-10-35-11-9-32)33-23(21)24(27)28-15-29-33/h2-7,12-13,15H,8-11,14H2,1H3,(H2,27,28,29)(H2,30,31,34). The summed E-state index contributed by atoms with van der Waals surface area (Å²) in [5, 5.41) is 10.7. The number of rotatable bonds is 5. The second-order valence-corrected chi connectivity index (χ2v) is 8.87. The first-order valence-electron chi connectivity index (χ1n) is 11.3. The number of urea groups is 1. The van der Waals surface area contributed by atoms with Crippen molar-refractivity contribution >= 4 is 40.3 Å². The topological polar surface area (TPSA) is 110 Å². The number of nitrogens with zero attached hydrogens (tertiary/aromatic N) is 4. The van der Waals surface area contributed by atoms with Crippen LogP contribution in [0.15, 0.2) is 54.9 Å². The molecule has 5 rings (SSSR count). The average molecular weight is 492 g/mol. The first-order valence-corrected chi connectivity index (χ1v) is 11.7. The lowest BCUT2D eigenvalue weighted by molar-refractivity contribution is 0.0334. The van der Waals surface area contributed by atoms with Crippen molar-refractivity contribution < 1.29 is 9.53 Å². The van der Waals surface area contributed by atoms with Crippen LogP contribution in [0.4, 0.5) is 22.0 Å². The summed E-state index contributed by atoms with van der Waals surface area (Å²) in [7, 11) is 0. The molecule has 35 heavy (non-hydrogen) atoms. The van der Waals surface area contributed by atoms with Crippen LogP contribution in [0.1, 0.15) is 11.3 Å². The number of nitrogens with one attached hydrogen (secondary N) is 2. The van der Waals surface area contributed by atoms with Crippen LogP contribution >= 0.6 is 11.6 Å². The lowest BCUT2D eigenvalue weighted by Gasteiger charge is -2.26. The maximum atomic E-state index is 12.4. The third kappa shape index (κ3) is 5.07. The molecule has 0 unspecified atom stereocenters. The fourth-order valence-corrected chi connectivity index (χ4v) is 4.33. The van der Waals surface area contributed by atoms with Crippen molar-refractivity contribution in [3.8, 4) is 11.1 Å². The quantitative estimate of drug-likeness (QED) is 0.381. The number of halogens is 1. The number of morpholine rings is 1. The van der Waals surface area contributed by atoms with E-state index in [2.05, 4.69) is 31.7 Å². The molecule has 1 aliphatic rings. The van der Waals surface area contributed by atoms with E-state index in [1.807, 2.05) is 47.8 Å². The van der Waals surface area contributed by atoms with Crippen LogP contribution in [0, 0.1) is 6.92 Å².